The van der Waals surface area contributed by atoms with Gasteiger partial charge in [-0.3, -0.25) is 0 Å². The summed E-state index contributed by atoms with van der Waals surface area (Å²) >= 11 is 0. The second kappa shape index (κ2) is 6.33. The van der Waals surface area contributed by atoms with Crippen LogP contribution in [0.5, 0.6) is 5.88 Å². The van der Waals surface area contributed by atoms with E-state index < -0.39 is 0 Å². The Morgan fingerprint density at radius 2 is 2.00 bits per heavy atom. The van der Waals surface area contributed by atoms with Crippen molar-refractivity contribution in [2.75, 3.05) is 7.05 Å². The van der Waals surface area contributed by atoms with Crippen molar-refractivity contribution in [3.05, 3.63) is 23.6 Å². The maximum atomic E-state index is 14.2. The first-order chi connectivity index (χ1) is 9.10. The van der Waals surface area contributed by atoms with Gasteiger partial charge in [0.2, 0.25) is 0 Å². The molecule has 4 heteroatoms. The van der Waals surface area contributed by atoms with Crippen LogP contribution in [0.25, 0.3) is 0 Å². The molecule has 0 radical (unpaired) electrons. The molecule has 1 aromatic heterocycles. The molecule has 2 unspecified atom stereocenters. The van der Waals surface area contributed by atoms with Gasteiger partial charge < -0.3 is 10.1 Å². The third kappa shape index (κ3) is 3.66. The van der Waals surface area contributed by atoms with Crippen molar-refractivity contribution in [2.45, 2.75) is 45.8 Å². The van der Waals surface area contributed by atoms with E-state index in [1.807, 2.05) is 0 Å². The summed E-state index contributed by atoms with van der Waals surface area (Å²) in [7, 11) is 1.80. The van der Waals surface area contributed by atoms with Gasteiger partial charge in [0.25, 0.3) is 5.88 Å². The molecule has 1 aliphatic rings. The molecule has 19 heavy (non-hydrogen) atoms. The summed E-state index contributed by atoms with van der Waals surface area (Å²) in [5, 5.41) is 2.95. The van der Waals surface area contributed by atoms with Gasteiger partial charge in [0.15, 0.2) is 5.82 Å². The Kier molecular flexibility index (Phi) is 4.75. The Balaban J connectivity index is 2.08. The fourth-order valence-corrected chi connectivity index (χ4v) is 3.00. The summed E-state index contributed by atoms with van der Waals surface area (Å²) in [6, 6.07) is 1.69. The Morgan fingerprint density at radius 1 is 1.32 bits per heavy atom. The fraction of sp³-hybridized carbons (Fsp3) is 0.667. The lowest BCUT2D eigenvalue weighted by molar-refractivity contribution is 0.0921. The molecule has 1 aromatic rings. The predicted molar refractivity (Wildman–Crippen MR) is 73.6 cm³/mol. The summed E-state index contributed by atoms with van der Waals surface area (Å²) in [6.45, 7) is 4.95. The molecule has 106 valence electrons. The van der Waals surface area contributed by atoms with Gasteiger partial charge in [-0.1, -0.05) is 13.8 Å². The number of aromatic nitrogens is 1. The average Bonchev–Trinajstić information content (AvgIpc) is 2.33. The molecule has 1 heterocycles. The number of nitrogens with zero attached hydrogens (tertiary/aromatic N) is 1. The third-order valence-corrected chi connectivity index (χ3v) is 3.72. The number of halogens is 1. The summed E-state index contributed by atoms with van der Waals surface area (Å²) < 4.78 is 20.0. The number of pyridine rings is 1. The first-order valence-electron chi connectivity index (χ1n) is 7.04. The molecule has 0 amide bonds. The van der Waals surface area contributed by atoms with Gasteiger partial charge in [-0.05, 0) is 44.2 Å². The zero-order chi connectivity index (χ0) is 13.8. The monoisotopic (exact) mass is 266 g/mol. The van der Waals surface area contributed by atoms with Gasteiger partial charge in [-0.15, -0.1) is 0 Å². The SMILES string of the molecule is CNCc1ccnc(OC2CC(C)CC(C)C2)c1F. The molecule has 2 rings (SSSR count). The molecule has 3 nitrogen and oxygen atoms in total. The quantitative estimate of drug-likeness (QED) is 0.909. The lowest BCUT2D eigenvalue weighted by atomic mass is 9.82. The van der Waals surface area contributed by atoms with Crippen LogP contribution in [-0.2, 0) is 6.54 Å². The van der Waals surface area contributed by atoms with Crippen LogP contribution in [0, 0.1) is 17.7 Å². The highest BCUT2D eigenvalue weighted by molar-refractivity contribution is 5.23. The molecule has 1 saturated carbocycles. The largest absolute Gasteiger partial charge is 0.472 e. The zero-order valence-corrected chi connectivity index (χ0v) is 11.9. The molecule has 0 aromatic carbocycles. The standard InChI is InChI=1S/C15H23FN2O/c1-10-6-11(2)8-13(7-10)19-15-14(16)12(9-17-3)4-5-18-15/h4-5,10-11,13,17H,6-9H2,1-3H3. The summed E-state index contributed by atoms with van der Waals surface area (Å²) in [4.78, 5) is 4.04. The van der Waals surface area contributed by atoms with Crippen LogP contribution in [-0.4, -0.2) is 18.1 Å². The highest BCUT2D eigenvalue weighted by Crippen LogP contribution is 2.31. The predicted octanol–water partition coefficient (Wildman–Crippen LogP) is 3.14. The highest BCUT2D eigenvalue weighted by atomic mass is 19.1. The van der Waals surface area contributed by atoms with Crippen molar-refractivity contribution in [1.29, 1.82) is 0 Å². The summed E-state index contributed by atoms with van der Waals surface area (Å²) in [6.07, 6.45) is 4.91. The topological polar surface area (TPSA) is 34.2 Å². The maximum Gasteiger partial charge on any atom is 0.250 e. The second-order valence-corrected chi connectivity index (χ2v) is 5.78. The first kappa shape index (κ1) is 14.3. The number of hydrogen-bond acceptors (Lipinski definition) is 3. The molecule has 2 atom stereocenters. The molecule has 0 spiro atoms. The fourth-order valence-electron chi connectivity index (χ4n) is 3.00. The Bertz CT molecular complexity index is 415. The van der Waals surface area contributed by atoms with Gasteiger partial charge in [0, 0.05) is 18.3 Å². The first-order valence-corrected chi connectivity index (χ1v) is 7.04. The van der Waals surface area contributed by atoms with Crippen molar-refractivity contribution >= 4 is 0 Å². The Hall–Kier alpha value is -1.16. The van der Waals surface area contributed by atoms with Gasteiger partial charge in [0.05, 0.1) is 0 Å². The van der Waals surface area contributed by atoms with Gasteiger partial charge in [0.1, 0.15) is 6.10 Å². The van der Waals surface area contributed by atoms with Crippen molar-refractivity contribution < 1.29 is 9.13 Å². The minimum absolute atomic E-state index is 0.0885. The van der Waals surface area contributed by atoms with Crippen LogP contribution < -0.4 is 10.1 Å². The Labute approximate surface area is 114 Å². The highest BCUT2D eigenvalue weighted by Gasteiger charge is 2.26. The van der Waals surface area contributed by atoms with Crippen LogP contribution in [0.2, 0.25) is 0 Å². The molecular weight excluding hydrogens is 243 g/mol. The number of hydrogen-bond donors (Lipinski definition) is 1. The van der Waals surface area contributed by atoms with E-state index >= 15 is 0 Å². The van der Waals surface area contributed by atoms with Crippen molar-refractivity contribution in [3.8, 4) is 5.88 Å². The van der Waals surface area contributed by atoms with Gasteiger partial charge >= 0.3 is 0 Å². The van der Waals surface area contributed by atoms with E-state index in [1.165, 1.54) is 6.42 Å². The van der Waals surface area contributed by atoms with E-state index in [9.17, 15) is 4.39 Å². The van der Waals surface area contributed by atoms with E-state index in [2.05, 4.69) is 24.1 Å². The lowest BCUT2D eigenvalue weighted by Gasteiger charge is -2.31. The van der Waals surface area contributed by atoms with E-state index in [4.69, 9.17) is 4.74 Å². The molecule has 1 N–H and O–H groups in total. The van der Waals surface area contributed by atoms with Crippen molar-refractivity contribution in [1.82, 2.24) is 10.3 Å². The normalized spacial score (nSPS) is 27.3. The van der Waals surface area contributed by atoms with Crippen LogP contribution in [0.3, 0.4) is 0 Å². The smallest absolute Gasteiger partial charge is 0.250 e. The van der Waals surface area contributed by atoms with Crippen molar-refractivity contribution in [2.24, 2.45) is 11.8 Å². The van der Waals surface area contributed by atoms with Crippen LogP contribution in [0.1, 0.15) is 38.7 Å². The van der Waals surface area contributed by atoms with E-state index in [-0.39, 0.29) is 17.8 Å². The molecule has 1 aliphatic carbocycles. The molecule has 0 bridgehead atoms. The van der Waals surface area contributed by atoms with E-state index in [1.54, 1.807) is 19.3 Å². The molecule has 1 fully saturated rings. The summed E-state index contributed by atoms with van der Waals surface area (Å²) in [5.74, 6) is 1.09. The number of rotatable bonds is 4. The van der Waals surface area contributed by atoms with Gasteiger partial charge in [-0.2, -0.15) is 0 Å². The lowest BCUT2D eigenvalue weighted by Crippen LogP contribution is -2.29. The molecular formula is C15H23FN2O. The maximum absolute atomic E-state index is 14.2. The minimum Gasteiger partial charge on any atom is -0.472 e. The Morgan fingerprint density at radius 3 is 2.63 bits per heavy atom. The number of nitrogens with one attached hydrogen (secondary N) is 1. The summed E-state index contributed by atoms with van der Waals surface area (Å²) in [5.41, 5.74) is 0.601. The second-order valence-electron chi connectivity index (χ2n) is 5.78. The molecule has 0 aliphatic heterocycles. The number of ether oxygens (including phenoxy) is 1. The minimum atomic E-state index is -0.331. The van der Waals surface area contributed by atoms with E-state index in [0.29, 0.717) is 23.9 Å². The third-order valence-electron chi connectivity index (χ3n) is 3.72. The van der Waals surface area contributed by atoms with Crippen LogP contribution in [0.15, 0.2) is 12.3 Å². The van der Waals surface area contributed by atoms with Crippen molar-refractivity contribution in [3.63, 3.8) is 0 Å². The molecule has 0 saturated heterocycles. The van der Waals surface area contributed by atoms with Gasteiger partial charge in [-0.25, -0.2) is 9.37 Å². The van der Waals surface area contributed by atoms with E-state index in [0.717, 1.165) is 12.8 Å². The average molecular weight is 266 g/mol. The van der Waals surface area contributed by atoms with Crippen LogP contribution in [0.4, 0.5) is 4.39 Å². The zero-order valence-electron chi connectivity index (χ0n) is 11.9. The van der Waals surface area contributed by atoms with Crippen LogP contribution >= 0.6 is 0 Å².